The molecule has 2 aromatic heterocycles. The number of morpholine rings is 1. The second-order valence-corrected chi connectivity index (χ2v) is 5.05. The number of carbonyl (C=O) groups is 1. The second-order valence-electron chi connectivity index (χ2n) is 5.05. The maximum Gasteiger partial charge on any atom is 0.230 e. The van der Waals surface area contributed by atoms with Crippen molar-refractivity contribution in [3.8, 4) is 0 Å². The van der Waals surface area contributed by atoms with Crippen LogP contribution in [0.4, 0.5) is 16.2 Å². The number of ether oxygens (including phenoxy) is 1. The van der Waals surface area contributed by atoms with Crippen molar-refractivity contribution in [1.29, 1.82) is 0 Å². The Morgan fingerprint density at radius 1 is 1.35 bits per heavy atom. The number of rotatable bonds is 4. The zero-order chi connectivity index (χ0) is 16.1. The van der Waals surface area contributed by atoms with Gasteiger partial charge in [0.05, 0.1) is 25.8 Å². The minimum atomic E-state index is -0.665. The van der Waals surface area contributed by atoms with Crippen molar-refractivity contribution in [2.75, 3.05) is 36.5 Å². The van der Waals surface area contributed by atoms with E-state index in [1.807, 2.05) is 4.90 Å². The zero-order valence-electron chi connectivity index (χ0n) is 12.4. The number of amides is 1. The molecule has 0 spiro atoms. The van der Waals surface area contributed by atoms with Crippen LogP contribution < -0.4 is 10.2 Å². The molecule has 3 rings (SSSR count). The number of hydrogen-bond donors (Lipinski definition) is 1. The lowest BCUT2D eigenvalue weighted by atomic mass is 10.2. The molecule has 0 unspecified atom stereocenters. The highest BCUT2D eigenvalue weighted by Crippen LogP contribution is 2.16. The van der Waals surface area contributed by atoms with Crippen LogP contribution in [0.15, 0.2) is 30.7 Å². The number of aromatic nitrogens is 3. The molecule has 0 aromatic carbocycles. The van der Waals surface area contributed by atoms with Crippen LogP contribution in [0.3, 0.4) is 0 Å². The van der Waals surface area contributed by atoms with E-state index in [2.05, 4.69) is 20.3 Å². The summed E-state index contributed by atoms with van der Waals surface area (Å²) in [5.41, 5.74) is 0.743. The van der Waals surface area contributed by atoms with Gasteiger partial charge in [0.15, 0.2) is 11.6 Å². The molecule has 1 aliphatic heterocycles. The van der Waals surface area contributed by atoms with Gasteiger partial charge >= 0.3 is 0 Å². The van der Waals surface area contributed by atoms with Crippen molar-refractivity contribution in [2.24, 2.45) is 0 Å². The first kappa shape index (κ1) is 15.3. The minimum Gasteiger partial charge on any atom is -0.378 e. The molecule has 2 aromatic rings. The van der Waals surface area contributed by atoms with Gasteiger partial charge in [-0.25, -0.2) is 9.37 Å². The van der Waals surface area contributed by atoms with E-state index in [-0.39, 0.29) is 18.1 Å². The maximum absolute atomic E-state index is 13.8. The Kier molecular flexibility index (Phi) is 4.72. The first-order chi connectivity index (χ1) is 11.2. The normalized spacial score (nSPS) is 14.6. The third-order valence-electron chi connectivity index (χ3n) is 3.37. The summed E-state index contributed by atoms with van der Waals surface area (Å²) in [6.07, 6.45) is 4.39. The Bertz CT molecular complexity index is 677. The van der Waals surface area contributed by atoms with Gasteiger partial charge in [0.2, 0.25) is 11.9 Å². The number of nitrogens with one attached hydrogen (secondary N) is 1. The maximum atomic E-state index is 13.8. The summed E-state index contributed by atoms with van der Waals surface area (Å²) in [7, 11) is 0. The van der Waals surface area contributed by atoms with E-state index in [0.29, 0.717) is 32.3 Å². The summed E-state index contributed by atoms with van der Waals surface area (Å²) < 4.78 is 19.1. The lowest BCUT2D eigenvalue weighted by Gasteiger charge is -2.26. The molecular weight excluding hydrogens is 301 g/mol. The Balaban J connectivity index is 1.70. The second kappa shape index (κ2) is 7.10. The average molecular weight is 317 g/mol. The molecule has 1 saturated heterocycles. The van der Waals surface area contributed by atoms with Crippen molar-refractivity contribution in [3.63, 3.8) is 0 Å². The van der Waals surface area contributed by atoms with E-state index < -0.39 is 5.82 Å². The summed E-state index contributed by atoms with van der Waals surface area (Å²) in [6, 6.07) is 3.52. The Labute approximate surface area is 132 Å². The fourth-order valence-electron chi connectivity index (χ4n) is 2.23. The zero-order valence-corrected chi connectivity index (χ0v) is 12.4. The number of hydrogen-bond acceptors (Lipinski definition) is 6. The van der Waals surface area contributed by atoms with Gasteiger partial charge in [0, 0.05) is 25.5 Å². The first-order valence-electron chi connectivity index (χ1n) is 7.26. The molecule has 3 heterocycles. The number of nitrogens with zero attached hydrogens (tertiary/aromatic N) is 4. The Hall–Kier alpha value is -2.61. The van der Waals surface area contributed by atoms with Crippen LogP contribution in [-0.2, 0) is 16.0 Å². The van der Waals surface area contributed by atoms with Crippen molar-refractivity contribution in [1.82, 2.24) is 15.0 Å². The first-order valence-corrected chi connectivity index (χ1v) is 7.26. The van der Waals surface area contributed by atoms with Gasteiger partial charge in [-0.2, -0.15) is 4.98 Å². The third-order valence-corrected chi connectivity index (χ3v) is 3.37. The van der Waals surface area contributed by atoms with Crippen LogP contribution in [0.2, 0.25) is 0 Å². The molecule has 1 amide bonds. The molecule has 8 heteroatoms. The van der Waals surface area contributed by atoms with Crippen molar-refractivity contribution < 1.29 is 13.9 Å². The van der Waals surface area contributed by atoms with E-state index in [1.54, 1.807) is 24.5 Å². The smallest absolute Gasteiger partial charge is 0.230 e. The predicted octanol–water partition coefficient (Wildman–Crippen LogP) is 1.03. The van der Waals surface area contributed by atoms with Gasteiger partial charge in [-0.3, -0.25) is 9.78 Å². The van der Waals surface area contributed by atoms with Crippen LogP contribution in [0, 0.1) is 5.82 Å². The van der Waals surface area contributed by atoms with Gasteiger partial charge in [-0.05, 0) is 11.6 Å². The standard InChI is InChI=1S/C15H16FN5O2/c16-12-10-18-15(21-4-6-23-7-5-21)20-14(12)19-13(22)8-11-2-1-3-17-9-11/h1-3,9-10H,4-8H2,(H,18,19,20,22). The van der Waals surface area contributed by atoms with E-state index in [0.717, 1.165) is 11.8 Å². The summed E-state index contributed by atoms with van der Waals surface area (Å²) in [5, 5.41) is 2.49. The quantitative estimate of drug-likeness (QED) is 0.907. The number of halogens is 1. The summed E-state index contributed by atoms with van der Waals surface area (Å²) >= 11 is 0. The molecular formula is C15H16FN5O2. The molecule has 7 nitrogen and oxygen atoms in total. The van der Waals surface area contributed by atoms with Crippen molar-refractivity contribution in [3.05, 3.63) is 42.1 Å². The molecule has 0 aliphatic carbocycles. The number of pyridine rings is 1. The van der Waals surface area contributed by atoms with E-state index >= 15 is 0 Å². The lowest BCUT2D eigenvalue weighted by Crippen LogP contribution is -2.37. The molecule has 23 heavy (non-hydrogen) atoms. The van der Waals surface area contributed by atoms with Crippen LogP contribution in [0.1, 0.15) is 5.56 Å². The predicted molar refractivity (Wildman–Crippen MR) is 81.6 cm³/mol. The molecule has 1 fully saturated rings. The highest BCUT2D eigenvalue weighted by Gasteiger charge is 2.17. The minimum absolute atomic E-state index is 0.101. The van der Waals surface area contributed by atoms with Crippen molar-refractivity contribution in [2.45, 2.75) is 6.42 Å². The van der Waals surface area contributed by atoms with Gasteiger partial charge in [-0.1, -0.05) is 6.07 Å². The Morgan fingerprint density at radius 3 is 2.91 bits per heavy atom. The number of carbonyl (C=O) groups excluding carboxylic acids is 1. The fourth-order valence-corrected chi connectivity index (χ4v) is 2.23. The fraction of sp³-hybridized carbons (Fsp3) is 0.333. The third kappa shape index (κ3) is 3.98. The lowest BCUT2D eigenvalue weighted by molar-refractivity contribution is -0.115. The molecule has 1 aliphatic rings. The molecule has 0 bridgehead atoms. The summed E-state index contributed by atoms with van der Waals surface area (Å²) in [4.78, 5) is 25.9. The molecule has 0 saturated carbocycles. The van der Waals surface area contributed by atoms with Gasteiger partial charge in [0.25, 0.3) is 0 Å². The highest BCUT2D eigenvalue weighted by molar-refractivity contribution is 5.91. The average Bonchev–Trinajstić information content (AvgIpc) is 2.58. The number of anilines is 2. The largest absolute Gasteiger partial charge is 0.378 e. The van der Waals surface area contributed by atoms with E-state index in [4.69, 9.17) is 4.74 Å². The molecule has 1 N–H and O–H groups in total. The SMILES string of the molecule is O=C(Cc1cccnc1)Nc1nc(N2CCOCC2)ncc1F. The highest BCUT2D eigenvalue weighted by atomic mass is 19.1. The summed E-state index contributed by atoms with van der Waals surface area (Å²) in [5.74, 6) is -0.758. The van der Waals surface area contributed by atoms with Gasteiger partial charge in [0.1, 0.15) is 0 Å². The topological polar surface area (TPSA) is 80.2 Å². The molecule has 0 atom stereocenters. The van der Waals surface area contributed by atoms with E-state index in [9.17, 15) is 9.18 Å². The van der Waals surface area contributed by atoms with Crippen LogP contribution in [0.5, 0.6) is 0 Å². The molecule has 120 valence electrons. The Morgan fingerprint density at radius 2 is 2.17 bits per heavy atom. The van der Waals surface area contributed by atoms with Crippen LogP contribution in [-0.4, -0.2) is 47.2 Å². The van der Waals surface area contributed by atoms with Gasteiger partial charge in [-0.15, -0.1) is 0 Å². The van der Waals surface area contributed by atoms with E-state index in [1.165, 1.54) is 0 Å². The van der Waals surface area contributed by atoms with Crippen LogP contribution >= 0.6 is 0 Å². The summed E-state index contributed by atoms with van der Waals surface area (Å²) in [6.45, 7) is 2.41. The molecule has 0 radical (unpaired) electrons. The van der Waals surface area contributed by atoms with Gasteiger partial charge < -0.3 is 15.0 Å². The van der Waals surface area contributed by atoms with Crippen molar-refractivity contribution >= 4 is 17.7 Å². The van der Waals surface area contributed by atoms with Crippen LogP contribution in [0.25, 0.3) is 0 Å². The monoisotopic (exact) mass is 317 g/mol.